The van der Waals surface area contributed by atoms with Crippen LogP contribution < -0.4 is 11.1 Å². The first kappa shape index (κ1) is 12.9. The van der Waals surface area contributed by atoms with Crippen LogP contribution >= 0.6 is 0 Å². The smallest absolute Gasteiger partial charge is 0.00227 e. The first-order valence-corrected chi connectivity index (χ1v) is 5.57. The first-order valence-electron chi connectivity index (χ1n) is 5.57. The monoisotopic (exact) mass is 186 g/mol. The normalized spacial score (nSPS) is 13.6. The lowest BCUT2D eigenvalue weighted by atomic mass is 10.1. The summed E-state index contributed by atoms with van der Waals surface area (Å²) in [7, 11) is 0. The van der Waals surface area contributed by atoms with Crippen LogP contribution in [0.2, 0.25) is 0 Å². The zero-order valence-electron chi connectivity index (χ0n) is 9.47. The molecule has 0 saturated carbocycles. The summed E-state index contributed by atoms with van der Waals surface area (Å²) in [5, 5.41) is 3.47. The zero-order chi connectivity index (χ0) is 10.1. The zero-order valence-corrected chi connectivity index (χ0v) is 9.47. The summed E-state index contributed by atoms with van der Waals surface area (Å²) in [6, 6.07) is 0. The Hall–Kier alpha value is -0.0800. The predicted molar refractivity (Wildman–Crippen MR) is 59.8 cm³/mol. The van der Waals surface area contributed by atoms with Crippen LogP contribution in [0.5, 0.6) is 0 Å². The molecule has 0 aromatic carbocycles. The van der Waals surface area contributed by atoms with Crippen molar-refractivity contribution >= 4 is 0 Å². The van der Waals surface area contributed by atoms with Crippen LogP contribution in [0.3, 0.4) is 0 Å². The van der Waals surface area contributed by atoms with E-state index in [-0.39, 0.29) is 0 Å². The molecule has 0 aliphatic heterocycles. The summed E-state index contributed by atoms with van der Waals surface area (Å²) in [4.78, 5) is 0. The maximum Gasteiger partial charge on any atom is -0.00227 e. The van der Waals surface area contributed by atoms with Gasteiger partial charge in [-0.3, -0.25) is 0 Å². The van der Waals surface area contributed by atoms with Crippen LogP contribution in [0.25, 0.3) is 0 Å². The predicted octanol–water partition coefficient (Wildman–Crippen LogP) is 2.00. The summed E-state index contributed by atoms with van der Waals surface area (Å²) in [6.45, 7) is 9.90. The van der Waals surface area contributed by atoms with Crippen LogP contribution in [-0.2, 0) is 0 Å². The fraction of sp³-hybridized carbons (Fsp3) is 1.00. The fourth-order valence-electron chi connectivity index (χ4n) is 1.37. The molecule has 0 aliphatic rings. The molecule has 0 rings (SSSR count). The minimum Gasteiger partial charge on any atom is -0.330 e. The number of hydrogen-bond acceptors (Lipinski definition) is 2. The third-order valence-corrected chi connectivity index (χ3v) is 2.29. The van der Waals surface area contributed by atoms with Gasteiger partial charge in [0.2, 0.25) is 0 Å². The minimum atomic E-state index is 0.726. The Morgan fingerprint density at radius 1 is 1.15 bits per heavy atom. The molecule has 0 aromatic heterocycles. The molecule has 0 heterocycles. The SMILES string of the molecule is CC(C)CCCNCC(C)CCN. The van der Waals surface area contributed by atoms with E-state index in [0.29, 0.717) is 0 Å². The van der Waals surface area contributed by atoms with Crippen LogP contribution in [0.15, 0.2) is 0 Å². The third-order valence-electron chi connectivity index (χ3n) is 2.29. The van der Waals surface area contributed by atoms with Crippen LogP contribution in [0, 0.1) is 11.8 Å². The lowest BCUT2D eigenvalue weighted by molar-refractivity contribution is 0.465. The molecule has 3 N–H and O–H groups in total. The molecule has 2 heteroatoms. The number of hydrogen-bond donors (Lipinski definition) is 2. The van der Waals surface area contributed by atoms with Crippen molar-refractivity contribution in [3.05, 3.63) is 0 Å². The molecule has 0 aromatic rings. The second-order valence-corrected chi connectivity index (χ2v) is 4.42. The third kappa shape index (κ3) is 9.84. The molecule has 80 valence electrons. The first-order chi connectivity index (χ1) is 6.16. The number of nitrogens with two attached hydrogens (primary N) is 1. The maximum absolute atomic E-state index is 5.47. The van der Waals surface area contributed by atoms with Gasteiger partial charge in [-0.15, -0.1) is 0 Å². The molecule has 1 atom stereocenters. The van der Waals surface area contributed by atoms with E-state index in [0.717, 1.165) is 37.9 Å². The highest BCUT2D eigenvalue weighted by Crippen LogP contribution is 2.02. The molecular formula is C11H26N2. The van der Waals surface area contributed by atoms with E-state index in [1.807, 2.05) is 0 Å². The Bertz CT molecular complexity index is 102. The molecule has 0 fully saturated rings. The van der Waals surface area contributed by atoms with Crippen molar-refractivity contribution in [2.45, 2.75) is 40.0 Å². The molecule has 2 nitrogen and oxygen atoms in total. The van der Waals surface area contributed by atoms with Gasteiger partial charge < -0.3 is 11.1 Å². The quantitative estimate of drug-likeness (QED) is 0.569. The van der Waals surface area contributed by atoms with E-state index in [2.05, 4.69) is 26.1 Å². The van der Waals surface area contributed by atoms with E-state index in [4.69, 9.17) is 5.73 Å². The molecule has 0 radical (unpaired) electrons. The molecule has 0 aliphatic carbocycles. The summed E-state index contributed by atoms with van der Waals surface area (Å²) in [5.74, 6) is 1.56. The van der Waals surface area contributed by atoms with Crippen LogP contribution in [-0.4, -0.2) is 19.6 Å². The topological polar surface area (TPSA) is 38.0 Å². The Morgan fingerprint density at radius 3 is 2.38 bits per heavy atom. The molecule has 0 amide bonds. The average molecular weight is 186 g/mol. The van der Waals surface area contributed by atoms with Crippen LogP contribution in [0.1, 0.15) is 40.0 Å². The van der Waals surface area contributed by atoms with Gasteiger partial charge in [0.15, 0.2) is 0 Å². The Balaban J connectivity index is 3.06. The Morgan fingerprint density at radius 2 is 1.85 bits per heavy atom. The summed E-state index contributed by atoms with van der Waals surface area (Å²) >= 11 is 0. The van der Waals surface area contributed by atoms with Crippen molar-refractivity contribution in [2.24, 2.45) is 17.6 Å². The van der Waals surface area contributed by atoms with Crippen molar-refractivity contribution in [2.75, 3.05) is 19.6 Å². The van der Waals surface area contributed by atoms with Gasteiger partial charge in [-0.05, 0) is 50.7 Å². The Kier molecular flexibility index (Phi) is 8.46. The molecule has 0 spiro atoms. The number of rotatable bonds is 8. The highest BCUT2D eigenvalue weighted by molar-refractivity contribution is 4.58. The lowest BCUT2D eigenvalue weighted by Gasteiger charge is -2.11. The second-order valence-electron chi connectivity index (χ2n) is 4.42. The van der Waals surface area contributed by atoms with Gasteiger partial charge in [-0.25, -0.2) is 0 Å². The standard InChI is InChI=1S/C11H26N2/c1-10(2)5-4-8-13-9-11(3)6-7-12/h10-11,13H,4-9,12H2,1-3H3. The van der Waals surface area contributed by atoms with Crippen LogP contribution in [0.4, 0.5) is 0 Å². The van der Waals surface area contributed by atoms with E-state index in [1.165, 1.54) is 12.8 Å². The van der Waals surface area contributed by atoms with E-state index < -0.39 is 0 Å². The molecule has 0 bridgehead atoms. The van der Waals surface area contributed by atoms with Gasteiger partial charge in [0.1, 0.15) is 0 Å². The van der Waals surface area contributed by atoms with E-state index in [9.17, 15) is 0 Å². The van der Waals surface area contributed by atoms with E-state index in [1.54, 1.807) is 0 Å². The summed E-state index contributed by atoms with van der Waals surface area (Å²) in [6.07, 6.45) is 3.77. The second kappa shape index (κ2) is 8.52. The van der Waals surface area contributed by atoms with Gasteiger partial charge in [-0.1, -0.05) is 20.8 Å². The highest BCUT2D eigenvalue weighted by atomic mass is 14.8. The maximum atomic E-state index is 5.47. The van der Waals surface area contributed by atoms with Crippen molar-refractivity contribution in [1.82, 2.24) is 5.32 Å². The average Bonchev–Trinajstić information content (AvgIpc) is 2.03. The van der Waals surface area contributed by atoms with Gasteiger partial charge >= 0.3 is 0 Å². The lowest BCUT2D eigenvalue weighted by Crippen LogP contribution is -2.24. The van der Waals surface area contributed by atoms with Crippen molar-refractivity contribution in [3.63, 3.8) is 0 Å². The van der Waals surface area contributed by atoms with Crippen molar-refractivity contribution < 1.29 is 0 Å². The summed E-state index contributed by atoms with van der Waals surface area (Å²) < 4.78 is 0. The molecule has 0 saturated heterocycles. The van der Waals surface area contributed by atoms with Gasteiger partial charge in [0.25, 0.3) is 0 Å². The molecule has 1 unspecified atom stereocenters. The largest absolute Gasteiger partial charge is 0.330 e. The van der Waals surface area contributed by atoms with Gasteiger partial charge in [-0.2, -0.15) is 0 Å². The minimum absolute atomic E-state index is 0.726. The molecular weight excluding hydrogens is 160 g/mol. The highest BCUT2D eigenvalue weighted by Gasteiger charge is 1.99. The number of nitrogens with one attached hydrogen (secondary N) is 1. The van der Waals surface area contributed by atoms with Gasteiger partial charge in [0.05, 0.1) is 0 Å². The van der Waals surface area contributed by atoms with Crippen molar-refractivity contribution in [3.8, 4) is 0 Å². The summed E-state index contributed by atoms with van der Waals surface area (Å²) in [5.41, 5.74) is 5.47. The fourth-order valence-corrected chi connectivity index (χ4v) is 1.37. The van der Waals surface area contributed by atoms with E-state index >= 15 is 0 Å². The van der Waals surface area contributed by atoms with Gasteiger partial charge in [0, 0.05) is 0 Å². The molecule has 13 heavy (non-hydrogen) atoms. The Labute approximate surface area is 83.3 Å². The van der Waals surface area contributed by atoms with Crippen molar-refractivity contribution in [1.29, 1.82) is 0 Å².